The molecule has 0 radical (unpaired) electrons. The predicted molar refractivity (Wildman–Crippen MR) is 77.5 cm³/mol. The summed E-state index contributed by atoms with van der Waals surface area (Å²) in [7, 11) is -3.61. The van der Waals surface area contributed by atoms with Crippen molar-refractivity contribution in [2.24, 2.45) is 22.5 Å². The zero-order chi connectivity index (χ0) is 15.3. The Kier molecular flexibility index (Phi) is 3.51. The first-order valence-electron chi connectivity index (χ1n) is 6.79. The molecule has 1 saturated carbocycles. The first-order chi connectivity index (χ1) is 9.05. The largest absolute Gasteiger partial charge is 0.326 e. The molecule has 20 heavy (non-hydrogen) atoms. The minimum absolute atomic E-state index is 0.0220. The maximum atomic E-state index is 12.3. The lowest BCUT2D eigenvalue weighted by atomic mass is 10.0. The average Bonchev–Trinajstić information content (AvgIpc) is 2.63. The molecule has 0 spiro atoms. The molecule has 4 N–H and O–H groups in total. The van der Waals surface area contributed by atoms with Crippen molar-refractivity contribution in [3.63, 3.8) is 0 Å². The second-order valence-electron chi connectivity index (χ2n) is 6.68. The van der Waals surface area contributed by atoms with Gasteiger partial charge < -0.3 is 5.73 Å². The van der Waals surface area contributed by atoms with Gasteiger partial charge in [0, 0.05) is 24.3 Å². The molecule has 1 aliphatic rings. The van der Waals surface area contributed by atoms with E-state index in [0.717, 1.165) is 0 Å². The number of sulfonamides is 1. The summed E-state index contributed by atoms with van der Waals surface area (Å²) in [6.45, 7) is 11.0. The molecular formula is C13H24N4O2S. The molecule has 7 heteroatoms. The summed E-state index contributed by atoms with van der Waals surface area (Å²) in [6, 6.07) is 0. The van der Waals surface area contributed by atoms with Crippen LogP contribution in [0.2, 0.25) is 0 Å². The number of nitrogens with one attached hydrogen (secondary N) is 2. The van der Waals surface area contributed by atoms with Gasteiger partial charge in [-0.3, -0.25) is 5.10 Å². The fourth-order valence-electron chi connectivity index (χ4n) is 3.00. The van der Waals surface area contributed by atoms with Gasteiger partial charge in [0.1, 0.15) is 0 Å². The van der Waals surface area contributed by atoms with Crippen LogP contribution in [-0.4, -0.2) is 25.2 Å². The number of aromatic nitrogens is 2. The second-order valence-corrected chi connectivity index (χ2v) is 8.37. The van der Waals surface area contributed by atoms with E-state index in [9.17, 15) is 8.42 Å². The first-order valence-corrected chi connectivity index (χ1v) is 8.27. The van der Waals surface area contributed by atoms with Crippen molar-refractivity contribution in [1.29, 1.82) is 0 Å². The topological polar surface area (TPSA) is 101 Å². The number of hydrogen-bond acceptors (Lipinski definition) is 4. The van der Waals surface area contributed by atoms with Crippen LogP contribution < -0.4 is 10.5 Å². The summed E-state index contributed by atoms with van der Waals surface area (Å²) < 4.78 is 27.3. The molecule has 1 heterocycles. The standard InChI is InChI=1S/C13H24N4O2S/c1-8-9(6-14)11(17-16-8)20(18,19)15-7-10-12(2,3)13(10,4)5/h10,15H,6-7,14H2,1-5H3,(H,16,17). The monoisotopic (exact) mass is 300 g/mol. The number of nitrogens with two attached hydrogens (primary N) is 1. The second kappa shape index (κ2) is 4.54. The van der Waals surface area contributed by atoms with Crippen molar-refractivity contribution in [3.8, 4) is 0 Å². The summed E-state index contributed by atoms with van der Waals surface area (Å²) >= 11 is 0. The molecule has 1 aromatic heterocycles. The molecule has 0 unspecified atom stereocenters. The highest BCUT2D eigenvalue weighted by atomic mass is 32.2. The van der Waals surface area contributed by atoms with Gasteiger partial charge in [-0.15, -0.1) is 0 Å². The Morgan fingerprint density at radius 1 is 1.30 bits per heavy atom. The van der Waals surface area contributed by atoms with Crippen molar-refractivity contribution in [2.75, 3.05) is 6.54 Å². The number of hydrogen-bond donors (Lipinski definition) is 3. The van der Waals surface area contributed by atoms with E-state index in [1.807, 2.05) is 0 Å². The van der Waals surface area contributed by atoms with Gasteiger partial charge in [0.25, 0.3) is 10.0 Å². The van der Waals surface area contributed by atoms with Crippen LogP contribution in [0.4, 0.5) is 0 Å². The Morgan fingerprint density at radius 2 is 1.85 bits per heavy atom. The van der Waals surface area contributed by atoms with E-state index in [2.05, 4.69) is 42.6 Å². The highest BCUT2D eigenvalue weighted by Crippen LogP contribution is 2.67. The van der Waals surface area contributed by atoms with Gasteiger partial charge in [-0.2, -0.15) is 5.10 Å². The van der Waals surface area contributed by atoms with Crippen LogP contribution in [-0.2, 0) is 16.6 Å². The Labute approximate surface area is 120 Å². The Morgan fingerprint density at radius 3 is 2.30 bits per heavy atom. The van der Waals surface area contributed by atoms with Crippen LogP contribution in [0.25, 0.3) is 0 Å². The van der Waals surface area contributed by atoms with E-state index in [1.54, 1.807) is 6.92 Å². The van der Waals surface area contributed by atoms with Crippen LogP contribution in [0, 0.1) is 23.7 Å². The van der Waals surface area contributed by atoms with Crippen molar-refractivity contribution >= 4 is 10.0 Å². The highest BCUT2D eigenvalue weighted by molar-refractivity contribution is 7.89. The zero-order valence-electron chi connectivity index (χ0n) is 12.7. The molecule has 0 atom stereocenters. The van der Waals surface area contributed by atoms with E-state index >= 15 is 0 Å². The molecule has 114 valence electrons. The maximum absolute atomic E-state index is 12.3. The molecule has 0 saturated heterocycles. The van der Waals surface area contributed by atoms with Crippen LogP contribution >= 0.6 is 0 Å². The first kappa shape index (κ1) is 15.5. The lowest BCUT2D eigenvalue weighted by Crippen LogP contribution is -2.28. The van der Waals surface area contributed by atoms with E-state index in [4.69, 9.17) is 5.73 Å². The summed E-state index contributed by atoms with van der Waals surface area (Å²) in [5.41, 5.74) is 7.13. The molecule has 0 aliphatic heterocycles. The van der Waals surface area contributed by atoms with Crippen molar-refractivity contribution in [1.82, 2.24) is 14.9 Å². The van der Waals surface area contributed by atoms with Crippen molar-refractivity contribution < 1.29 is 8.42 Å². The lowest BCUT2D eigenvalue weighted by Gasteiger charge is -2.07. The minimum atomic E-state index is -3.61. The average molecular weight is 300 g/mol. The molecule has 1 aromatic rings. The number of nitrogens with zero attached hydrogens (tertiary/aromatic N) is 1. The molecule has 2 rings (SSSR count). The SMILES string of the molecule is Cc1[nH]nc(S(=O)(=O)NCC2C(C)(C)C2(C)C)c1CN. The Bertz CT molecular complexity index is 602. The smallest absolute Gasteiger partial charge is 0.260 e. The van der Waals surface area contributed by atoms with Gasteiger partial charge in [0.2, 0.25) is 0 Å². The van der Waals surface area contributed by atoms with Gasteiger partial charge in [-0.1, -0.05) is 27.7 Å². The van der Waals surface area contributed by atoms with Crippen LogP contribution in [0.5, 0.6) is 0 Å². The quantitative estimate of drug-likeness (QED) is 0.759. The van der Waals surface area contributed by atoms with Gasteiger partial charge in [-0.05, 0) is 23.7 Å². The van der Waals surface area contributed by atoms with Crippen LogP contribution in [0.15, 0.2) is 5.03 Å². The van der Waals surface area contributed by atoms with Crippen LogP contribution in [0.1, 0.15) is 39.0 Å². The molecule has 0 amide bonds. The van der Waals surface area contributed by atoms with Gasteiger partial charge >= 0.3 is 0 Å². The fourth-order valence-corrected chi connectivity index (χ4v) is 4.25. The molecule has 0 bridgehead atoms. The lowest BCUT2D eigenvalue weighted by molar-refractivity contribution is 0.457. The third-order valence-electron chi connectivity index (χ3n) is 5.29. The summed E-state index contributed by atoms with van der Waals surface area (Å²) in [4.78, 5) is 0. The summed E-state index contributed by atoms with van der Waals surface area (Å²) in [5, 5.41) is 6.58. The molecule has 0 aromatic carbocycles. The van der Waals surface area contributed by atoms with Gasteiger partial charge in [-0.25, -0.2) is 13.1 Å². The Balaban J connectivity index is 2.14. The predicted octanol–water partition coefficient (Wildman–Crippen LogP) is 1.14. The Hall–Kier alpha value is -0.920. The highest BCUT2D eigenvalue weighted by Gasteiger charge is 2.64. The normalized spacial score (nSPS) is 21.1. The summed E-state index contributed by atoms with van der Waals surface area (Å²) in [5.74, 6) is 0.325. The number of aryl methyl sites for hydroxylation is 1. The van der Waals surface area contributed by atoms with E-state index in [0.29, 0.717) is 23.7 Å². The third kappa shape index (κ3) is 2.17. The minimum Gasteiger partial charge on any atom is -0.326 e. The zero-order valence-corrected chi connectivity index (χ0v) is 13.6. The third-order valence-corrected chi connectivity index (χ3v) is 6.69. The number of aromatic amines is 1. The molecular weight excluding hydrogens is 276 g/mol. The number of rotatable bonds is 5. The molecule has 6 nitrogen and oxygen atoms in total. The van der Waals surface area contributed by atoms with E-state index < -0.39 is 10.0 Å². The molecule has 1 aliphatic carbocycles. The van der Waals surface area contributed by atoms with E-state index in [-0.39, 0.29) is 22.4 Å². The van der Waals surface area contributed by atoms with E-state index in [1.165, 1.54) is 0 Å². The number of H-pyrrole nitrogens is 1. The van der Waals surface area contributed by atoms with Crippen LogP contribution in [0.3, 0.4) is 0 Å². The maximum Gasteiger partial charge on any atom is 0.260 e. The fraction of sp³-hybridized carbons (Fsp3) is 0.769. The summed E-state index contributed by atoms with van der Waals surface area (Å²) in [6.07, 6.45) is 0. The van der Waals surface area contributed by atoms with Crippen molar-refractivity contribution in [3.05, 3.63) is 11.3 Å². The molecule has 1 fully saturated rings. The van der Waals surface area contributed by atoms with Crippen molar-refractivity contribution in [2.45, 2.75) is 46.2 Å². The van der Waals surface area contributed by atoms with Gasteiger partial charge in [0.15, 0.2) is 5.03 Å². The van der Waals surface area contributed by atoms with Gasteiger partial charge in [0.05, 0.1) is 0 Å².